The van der Waals surface area contributed by atoms with Crippen LogP contribution in [-0.4, -0.2) is 12.5 Å². The molecule has 1 atom stereocenters. The van der Waals surface area contributed by atoms with Crippen LogP contribution < -0.4 is 5.32 Å². The lowest BCUT2D eigenvalue weighted by Crippen LogP contribution is -2.30. The number of rotatable bonds is 8. The van der Waals surface area contributed by atoms with Crippen LogP contribution in [0.4, 0.5) is 0 Å². The summed E-state index contributed by atoms with van der Waals surface area (Å²) in [6, 6.07) is 7.91. The molecule has 0 aliphatic rings. The van der Waals surface area contributed by atoms with Gasteiger partial charge in [0.05, 0.1) is 6.42 Å². The Labute approximate surface area is 125 Å². The fourth-order valence-corrected chi connectivity index (χ4v) is 2.32. The molecule has 1 N–H and O–H groups in total. The normalized spacial score (nSPS) is 12.2. The van der Waals surface area contributed by atoms with E-state index in [9.17, 15) is 4.79 Å². The molecule has 106 valence electrons. The molecule has 1 rings (SSSR count). The van der Waals surface area contributed by atoms with Crippen molar-refractivity contribution in [2.24, 2.45) is 5.92 Å². The van der Waals surface area contributed by atoms with Crippen LogP contribution in [0.15, 0.2) is 28.7 Å². The monoisotopic (exact) mass is 325 g/mol. The third-order valence-corrected chi connectivity index (χ3v) is 3.94. The lowest BCUT2D eigenvalue weighted by atomic mass is 9.99. The van der Waals surface area contributed by atoms with Gasteiger partial charge in [-0.05, 0) is 30.0 Å². The summed E-state index contributed by atoms with van der Waals surface area (Å²) in [5.41, 5.74) is 1.06. The van der Waals surface area contributed by atoms with Gasteiger partial charge >= 0.3 is 0 Å². The first-order chi connectivity index (χ1) is 9.15. The van der Waals surface area contributed by atoms with Crippen LogP contribution in [-0.2, 0) is 11.2 Å². The quantitative estimate of drug-likeness (QED) is 0.757. The molecule has 0 unspecified atom stereocenters. The van der Waals surface area contributed by atoms with Gasteiger partial charge in [0.15, 0.2) is 0 Å². The second kappa shape index (κ2) is 9.13. The molecule has 0 radical (unpaired) electrons. The largest absolute Gasteiger partial charge is 0.356 e. The van der Waals surface area contributed by atoms with E-state index in [2.05, 4.69) is 35.1 Å². The smallest absolute Gasteiger partial charge is 0.224 e. The van der Waals surface area contributed by atoms with Gasteiger partial charge in [0.2, 0.25) is 5.91 Å². The number of carbonyl (C=O) groups excluding carboxylic acids is 1. The van der Waals surface area contributed by atoms with Crippen LogP contribution in [0.3, 0.4) is 0 Å². The Bertz CT molecular complexity index is 375. The predicted octanol–water partition coefficient (Wildman–Crippen LogP) is 4.32. The van der Waals surface area contributed by atoms with Crippen molar-refractivity contribution in [1.82, 2.24) is 5.32 Å². The zero-order chi connectivity index (χ0) is 14.1. The van der Waals surface area contributed by atoms with E-state index in [0.29, 0.717) is 12.3 Å². The highest BCUT2D eigenvalue weighted by atomic mass is 79.9. The van der Waals surface area contributed by atoms with Crippen LogP contribution in [0, 0.1) is 5.92 Å². The summed E-state index contributed by atoms with van der Waals surface area (Å²) >= 11 is 3.39. The summed E-state index contributed by atoms with van der Waals surface area (Å²) in [6.45, 7) is 5.21. The Morgan fingerprint density at radius 3 is 2.53 bits per heavy atom. The first-order valence-electron chi connectivity index (χ1n) is 7.16. The molecule has 0 aliphatic heterocycles. The van der Waals surface area contributed by atoms with Crippen molar-refractivity contribution in [2.45, 2.75) is 46.0 Å². The number of nitrogens with one attached hydrogen (secondary N) is 1. The number of halogens is 1. The van der Waals surface area contributed by atoms with Crippen molar-refractivity contribution in [3.63, 3.8) is 0 Å². The maximum absolute atomic E-state index is 11.9. The minimum absolute atomic E-state index is 0.122. The van der Waals surface area contributed by atoms with Crippen LogP contribution in [0.25, 0.3) is 0 Å². The van der Waals surface area contributed by atoms with Crippen molar-refractivity contribution in [3.8, 4) is 0 Å². The zero-order valence-corrected chi connectivity index (χ0v) is 13.5. The highest BCUT2D eigenvalue weighted by Gasteiger charge is 2.08. The number of hydrogen-bond acceptors (Lipinski definition) is 1. The molecule has 0 heterocycles. The maximum atomic E-state index is 11.9. The molecule has 0 saturated heterocycles. The molecular formula is C16H24BrNO. The van der Waals surface area contributed by atoms with Gasteiger partial charge < -0.3 is 5.32 Å². The van der Waals surface area contributed by atoms with E-state index in [1.54, 1.807) is 0 Å². The zero-order valence-electron chi connectivity index (χ0n) is 11.9. The molecule has 3 heteroatoms. The number of unbranched alkanes of at least 4 members (excludes halogenated alkanes) is 1. The highest BCUT2D eigenvalue weighted by Crippen LogP contribution is 2.12. The Hall–Kier alpha value is -0.830. The van der Waals surface area contributed by atoms with Crippen molar-refractivity contribution in [3.05, 3.63) is 34.3 Å². The Morgan fingerprint density at radius 1 is 1.26 bits per heavy atom. The van der Waals surface area contributed by atoms with Crippen molar-refractivity contribution < 1.29 is 4.79 Å². The van der Waals surface area contributed by atoms with Gasteiger partial charge in [0.1, 0.15) is 0 Å². The van der Waals surface area contributed by atoms with Gasteiger partial charge in [-0.2, -0.15) is 0 Å². The van der Waals surface area contributed by atoms with Gasteiger partial charge in [0.25, 0.3) is 0 Å². The van der Waals surface area contributed by atoms with Crippen LogP contribution >= 0.6 is 15.9 Å². The van der Waals surface area contributed by atoms with Gasteiger partial charge in [-0.15, -0.1) is 0 Å². The summed E-state index contributed by atoms with van der Waals surface area (Å²) in [6.07, 6.45) is 5.30. The molecule has 2 nitrogen and oxygen atoms in total. The standard InChI is InChI=1S/C16H24BrNO/c1-3-5-6-13(4-2)12-18-16(19)11-14-7-9-15(17)10-8-14/h7-10,13H,3-6,11-12H2,1-2H3,(H,18,19)/t13-/m0/s1. The van der Waals surface area contributed by atoms with Crippen molar-refractivity contribution in [2.75, 3.05) is 6.54 Å². The number of benzene rings is 1. The molecule has 0 aromatic heterocycles. The molecule has 1 aromatic rings. The third kappa shape index (κ3) is 6.76. The van der Waals surface area contributed by atoms with E-state index in [-0.39, 0.29) is 5.91 Å². The summed E-state index contributed by atoms with van der Waals surface area (Å²) < 4.78 is 1.04. The minimum atomic E-state index is 0.122. The number of carbonyl (C=O) groups is 1. The van der Waals surface area contributed by atoms with E-state index >= 15 is 0 Å². The van der Waals surface area contributed by atoms with E-state index in [0.717, 1.165) is 23.0 Å². The lowest BCUT2D eigenvalue weighted by Gasteiger charge is -2.15. The number of hydrogen-bond donors (Lipinski definition) is 1. The molecule has 1 amide bonds. The van der Waals surface area contributed by atoms with E-state index in [1.807, 2.05) is 24.3 Å². The number of amides is 1. The molecule has 0 aliphatic carbocycles. The second-order valence-electron chi connectivity index (χ2n) is 5.02. The van der Waals surface area contributed by atoms with E-state index < -0.39 is 0 Å². The Balaban J connectivity index is 2.32. The molecule has 1 aromatic carbocycles. The topological polar surface area (TPSA) is 29.1 Å². The lowest BCUT2D eigenvalue weighted by molar-refractivity contribution is -0.120. The first kappa shape index (κ1) is 16.2. The summed E-state index contributed by atoms with van der Waals surface area (Å²) in [5.74, 6) is 0.742. The van der Waals surface area contributed by atoms with Crippen LogP contribution in [0.2, 0.25) is 0 Å². The minimum Gasteiger partial charge on any atom is -0.356 e. The van der Waals surface area contributed by atoms with Crippen molar-refractivity contribution >= 4 is 21.8 Å². The Morgan fingerprint density at radius 2 is 1.95 bits per heavy atom. The summed E-state index contributed by atoms with van der Waals surface area (Å²) in [7, 11) is 0. The maximum Gasteiger partial charge on any atom is 0.224 e. The first-order valence-corrected chi connectivity index (χ1v) is 7.96. The van der Waals surface area contributed by atoms with E-state index in [4.69, 9.17) is 0 Å². The molecule has 0 saturated carbocycles. The fraction of sp³-hybridized carbons (Fsp3) is 0.562. The van der Waals surface area contributed by atoms with Gasteiger partial charge in [-0.25, -0.2) is 0 Å². The summed E-state index contributed by atoms with van der Waals surface area (Å²) in [5, 5.41) is 3.06. The Kier molecular flexibility index (Phi) is 7.80. The average Bonchev–Trinajstić information content (AvgIpc) is 2.42. The van der Waals surface area contributed by atoms with Gasteiger partial charge in [-0.1, -0.05) is 61.2 Å². The third-order valence-electron chi connectivity index (χ3n) is 3.41. The molecule has 0 bridgehead atoms. The van der Waals surface area contributed by atoms with E-state index in [1.165, 1.54) is 19.3 Å². The predicted molar refractivity (Wildman–Crippen MR) is 84.2 cm³/mol. The second-order valence-corrected chi connectivity index (χ2v) is 5.94. The summed E-state index contributed by atoms with van der Waals surface area (Å²) in [4.78, 5) is 11.9. The highest BCUT2D eigenvalue weighted by molar-refractivity contribution is 9.10. The average molecular weight is 326 g/mol. The SMILES string of the molecule is CCCC[C@H](CC)CNC(=O)Cc1ccc(Br)cc1. The fourth-order valence-electron chi connectivity index (χ4n) is 2.05. The van der Waals surface area contributed by atoms with Gasteiger partial charge in [-0.3, -0.25) is 4.79 Å². The molecule has 0 spiro atoms. The molecule has 19 heavy (non-hydrogen) atoms. The molecule has 0 fully saturated rings. The van der Waals surface area contributed by atoms with Gasteiger partial charge in [0, 0.05) is 11.0 Å². The van der Waals surface area contributed by atoms with Crippen molar-refractivity contribution in [1.29, 1.82) is 0 Å². The van der Waals surface area contributed by atoms with Crippen LogP contribution in [0.1, 0.15) is 45.1 Å². The van der Waals surface area contributed by atoms with Crippen LogP contribution in [0.5, 0.6) is 0 Å². The molecular weight excluding hydrogens is 302 g/mol.